The third kappa shape index (κ3) is 3.96. The Bertz CT molecular complexity index is 460. The summed E-state index contributed by atoms with van der Waals surface area (Å²) in [5.74, 6) is 1.19. The number of carbonyl (C=O) groups excluding carboxylic acids is 1. The van der Waals surface area contributed by atoms with Crippen LogP contribution in [0.25, 0.3) is 0 Å². The summed E-state index contributed by atoms with van der Waals surface area (Å²) < 4.78 is 5.27. The van der Waals surface area contributed by atoms with Crippen LogP contribution in [0, 0.1) is 0 Å². The molecule has 1 atom stereocenters. The van der Waals surface area contributed by atoms with Crippen molar-refractivity contribution >= 4 is 17.8 Å². The zero-order valence-corrected chi connectivity index (χ0v) is 11.2. The molecule has 0 fully saturated rings. The van der Waals surface area contributed by atoms with E-state index in [4.69, 9.17) is 16.2 Å². The van der Waals surface area contributed by atoms with E-state index >= 15 is 0 Å². The maximum atomic E-state index is 11.0. The number of nitrogen functional groups attached to an aromatic ring is 1. The minimum absolute atomic E-state index is 0.380. The molecule has 1 unspecified atom stereocenters. The van der Waals surface area contributed by atoms with Gasteiger partial charge in [-0.05, 0) is 31.2 Å². The van der Waals surface area contributed by atoms with Crippen LogP contribution in [-0.2, 0) is 4.79 Å². The molecule has 6 nitrogen and oxygen atoms in total. The van der Waals surface area contributed by atoms with Crippen LogP contribution in [-0.4, -0.2) is 38.9 Å². The van der Waals surface area contributed by atoms with E-state index in [1.165, 1.54) is 0 Å². The summed E-state index contributed by atoms with van der Waals surface area (Å²) in [6, 6.07) is 4.87. The van der Waals surface area contributed by atoms with Crippen molar-refractivity contribution in [3.8, 4) is 5.75 Å². The molecule has 0 aliphatic carbocycles. The highest BCUT2D eigenvalue weighted by atomic mass is 16.5. The van der Waals surface area contributed by atoms with Gasteiger partial charge in [-0.2, -0.15) is 0 Å². The highest BCUT2D eigenvalue weighted by molar-refractivity contribution is 6.02. The Kier molecular flexibility index (Phi) is 5.81. The molecule has 19 heavy (non-hydrogen) atoms. The topological polar surface area (TPSA) is 103 Å². The van der Waals surface area contributed by atoms with Crippen LogP contribution in [0.2, 0.25) is 0 Å². The number of nitrogens with zero attached hydrogens (tertiary/aromatic N) is 1. The number of aliphatic imine (C=N–C) groups is 1. The number of nitrogens with one attached hydrogen (secondary N) is 1. The molecular formula is C13H20N4O2. The lowest BCUT2D eigenvalue weighted by atomic mass is 10.1. The van der Waals surface area contributed by atoms with E-state index in [0.717, 1.165) is 6.29 Å². The molecule has 5 N–H and O–H groups in total. The Morgan fingerprint density at radius 2 is 2.32 bits per heavy atom. The molecule has 0 spiro atoms. The van der Waals surface area contributed by atoms with Crippen molar-refractivity contribution in [1.29, 1.82) is 0 Å². The number of anilines is 1. The minimum Gasteiger partial charge on any atom is -0.496 e. The first-order valence-electron chi connectivity index (χ1n) is 5.98. The fourth-order valence-electron chi connectivity index (χ4n) is 1.70. The minimum atomic E-state index is -0.380. The summed E-state index contributed by atoms with van der Waals surface area (Å²) in [5.41, 5.74) is 12.5. The van der Waals surface area contributed by atoms with Gasteiger partial charge in [-0.25, -0.2) is 0 Å². The van der Waals surface area contributed by atoms with Gasteiger partial charge in [0.25, 0.3) is 0 Å². The first kappa shape index (κ1) is 15.0. The van der Waals surface area contributed by atoms with Crippen LogP contribution in [0.3, 0.4) is 0 Å². The summed E-state index contributed by atoms with van der Waals surface area (Å²) in [6.07, 6.45) is 1.35. The third-order valence-electron chi connectivity index (χ3n) is 2.67. The molecule has 1 aromatic carbocycles. The number of hydrogen-bond donors (Lipinski definition) is 3. The maximum absolute atomic E-state index is 11.0. The predicted molar refractivity (Wildman–Crippen MR) is 76.5 cm³/mol. The SMILES string of the molecule is CN=C(NC(C=O)CCN)c1cc(N)ccc1OC. The van der Waals surface area contributed by atoms with Crippen molar-refractivity contribution in [3.63, 3.8) is 0 Å². The molecular weight excluding hydrogens is 244 g/mol. The number of nitrogens with two attached hydrogens (primary N) is 2. The second-order valence-electron chi connectivity index (χ2n) is 4.00. The normalized spacial score (nSPS) is 12.9. The number of methoxy groups -OCH3 is 1. The van der Waals surface area contributed by atoms with Gasteiger partial charge in [0.2, 0.25) is 0 Å². The second-order valence-corrected chi connectivity index (χ2v) is 4.00. The van der Waals surface area contributed by atoms with E-state index in [1.54, 1.807) is 32.4 Å². The molecule has 0 aliphatic heterocycles. The van der Waals surface area contributed by atoms with Gasteiger partial charge in [-0.1, -0.05) is 0 Å². The lowest BCUT2D eigenvalue weighted by Crippen LogP contribution is -2.38. The van der Waals surface area contributed by atoms with Gasteiger partial charge in [-0.15, -0.1) is 0 Å². The Hall–Kier alpha value is -2.08. The smallest absolute Gasteiger partial charge is 0.142 e. The fourth-order valence-corrected chi connectivity index (χ4v) is 1.70. The van der Waals surface area contributed by atoms with Crippen molar-refractivity contribution < 1.29 is 9.53 Å². The zero-order valence-electron chi connectivity index (χ0n) is 11.2. The summed E-state index contributed by atoms with van der Waals surface area (Å²) in [7, 11) is 3.20. The molecule has 1 aromatic rings. The monoisotopic (exact) mass is 264 g/mol. The molecule has 0 aromatic heterocycles. The predicted octanol–water partition coefficient (Wildman–Crippen LogP) is 0.160. The largest absolute Gasteiger partial charge is 0.496 e. The van der Waals surface area contributed by atoms with Gasteiger partial charge in [-0.3, -0.25) is 4.99 Å². The molecule has 1 rings (SSSR count). The van der Waals surface area contributed by atoms with Gasteiger partial charge >= 0.3 is 0 Å². The Morgan fingerprint density at radius 1 is 1.58 bits per heavy atom. The van der Waals surface area contributed by atoms with Crippen LogP contribution in [0.15, 0.2) is 23.2 Å². The molecule has 0 saturated heterocycles. The van der Waals surface area contributed by atoms with Crippen LogP contribution >= 0.6 is 0 Å². The number of rotatable bonds is 6. The van der Waals surface area contributed by atoms with Crippen molar-refractivity contribution in [1.82, 2.24) is 5.32 Å². The summed E-state index contributed by atoms with van der Waals surface area (Å²) in [6.45, 7) is 0.418. The van der Waals surface area contributed by atoms with Crippen molar-refractivity contribution in [3.05, 3.63) is 23.8 Å². The van der Waals surface area contributed by atoms with E-state index < -0.39 is 0 Å². The fraction of sp³-hybridized carbons (Fsp3) is 0.385. The van der Waals surface area contributed by atoms with Crippen LogP contribution in [0.4, 0.5) is 5.69 Å². The van der Waals surface area contributed by atoms with Crippen LogP contribution < -0.4 is 21.5 Å². The number of carbonyl (C=O) groups is 1. The first-order chi connectivity index (χ1) is 9.15. The maximum Gasteiger partial charge on any atom is 0.142 e. The van der Waals surface area contributed by atoms with E-state index in [2.05, 4.69) is 10.3 Å². The second kappa shape index (κ2) is 7.38. The average Bonchev–Trinajstić information content (AvgIpc) is 2.43. The number of hydrogen-bond acceptors (Lipinski definition) is 5. The van der Waals surface area contributed by atoms with E-state index in [9.17, 15) is 4.79 Å². The molecule has 6 heteroatoms. The highest BCUT2D eigenvalue weighted by Crippen LogP contribution is 2.21. The van der Waals surface area contributed by atoms with Crippen molar-refractivity contribution in [2.75, 3.05) is 26.4 Å². The summed E-state index contributed by atoms with van der Waals surface area (Å²) in [5, 5.41) is 3.04. The molecule has 0 bridgehead atoms. The van der Waals surface area contributed by atoms with Crippen molar-refractivity contribution in [2.24, 2.45) is 10.7 Å². The van der Waals surface area contributed by atoms with E-state index in [-0.39, 0.29) is 6.04 Å². The Balaban J connectivity index is 3.03. The van der Waals surface area contributed by atoms with Gasteiger partial charge < -0.3 is 26.3 Å². The number of aldehydes is 1. The van der Waals surface area contributed by atoms with E-state index in [0.29, 0.717) is 35.8 Å². The summed E-state index contributed by atoms with van der Waals surface area (Å²) in [4.78, 5) is 15.1. The number of amidine groups is 1. The first-order valence-corrected chi connectivity index (χ1v) is 5.98. The zero-order chi connectivity index (χ0) is 14.3. The lowest BCUT2D eigenvalue weighted by molar-refractivity contribution is -0.109. The number of ether oxygens (including phenoxy) is 1. The molecule has 0 aliphatic rings. The molecule has 0 amide bonds. The molecule has 104 valence electrons. The highest BCUT2D eigenvalue weighted by Gasteiger charge is 2.14. The number of benzene rings is 1. The van der Waals surface area contributed by atoms with Crippen LogP contribution in [0.5, 0.6) is 5.75 Å². The van der Waals surface area contributed by atoms with Crippen LogP contribution in [0.1, 0.15) is 12.0 Å². The van der Waals surface area contributed by atoms with Gasteiger partial charge in [0.15, 0.2) is 0 Å². The molecule has 0 radical (unpaired) electrons. The van der Waals surface area contributed by atoms with Gasteiger partial charge in [0, 0.05) is 12.7 Å². The van der Waals surface area contributed by atoms with E-state index in [1.807, 2.05) is 0 Å². The third-order valence-corrected chi connectivity index (χ3v) is 2.67. The molecule has 0 heterocycles. The Labute approximate surface area is 112 Å². The average molecular weight is 264 g/mol. The molecule has 0 saturated carbocycles. The lowest BCUT2D eigenvalue weighted by Gasteiger charge is -2.17. The standard InChI is InChI=1S/C13H20N4O2/c1-16-13(17-10(8-18)5-6-14)11-7-9(15)3-4-12(11)19-2/h3-4,7-8,10H,5-6,14-15H2,1-2H3,(H,16,17). The van der Waals surface area contributed by atoms with Gasteiger partial charge in [0.05, 0.1) is 18.7 Å². The van der Waals surface area contributed by atoms with Crippen molar-refractivity contribution in [2.45, 2.75) is 12.5 Å². The summed E-state index contributed by atoms with van der Waals surface area (Å²) >= 11 is 0. The Morgan fingerprint density at radius 3 is 2.84 bits per heavy atom. The quantitative estimate of drug-likeness (QED) is 0.294. The van der Waals surface area contributed by atoms with Gasteiger partial charge in [0.1, 0.15) is 17.9 Å².